The molecule has 0 aliphatic rings. The van der Waals surface area contributed by atoms with Crippen LogP contribution in [-0.4, -0.2) is 37.2 Å². The Morgan fingerprint density at radius 2 is 0.550 bits per heavy atom. The fraction of sp³-hybridized carbons (Fsp3) is 0.944. The molecule has 6 nitrogen and oxygen atoms in total. The summed E-state index contributed by atoms with van der Waals surface area (Å²) < 4.78 is 16.8. The van der Waals surface area contributed by atoms with E-state index >= 15 is 0 Å². The molecule has 0 aliphatic carbocycles. The zero-order chi connectivity index (χ0) is 44.0. The van der Waals surface area contributed by atoms with Crippen molar-refractivity contribution in [2.45, 2.75) is 304 Å². The van der Waals surface area contributed by atoms with Gasteiger partial charge < -0.3 is 14.2 Å². The summed E-state index contributed by atoms with van der Waals surface area (Å²) in [5, 5.41) is 0. The van der Waals surface area contributed by atoms with Gasteiger partial charge in [0.15, 0.2) is 6.10 Å². The van der Waals surface area contributed by atoms with E-state index in [1.807, 2.05) is 0 Å². The van der Waals surface area contributed by atoms with Crippen molar-refractivity contribution < 1.29 is 28.6 Å². The smallest absolute Gasteiger partial charge is 0.306 e. The quantitative estimate of drug-likeness (QED) is 0.0345. The van der Waals surface area contributed by atoms with Gasteiger partial charge in [0.1, 0.15) is 13.2 Å². The second-order valence-electron chi connectivity index (χ2n) is 19.5. The van der Waals surface area contributed by atoms with Crippen LogP contribution in [0.15, 0.2) is 0 Å². The van der Waals surface area contributed by atoms with Crippen molar-refractivity contribution in [3.05, 3.63) is 0 Å². The van der Waals surface area contributed by atoms with E-state index in [2.05, 4.69) is 34.6 Å². The SMILES string of the molecule is CCCCCCCCCCCCCCCCCCC(=O)OC[C@@H](COC(=O)CCCCCCCCCCCCCCC(C)C)OC(=O)CCCCCCCCCCC(C)C. The molecule has 0 N–H and O–H groups in total. The fourth-order valence-corrected chi connectivity index (χ4v) is 8.17. The molecule has 0 aromatic carbocycles. The molecule has 0 heterocycles. The van der Waals surface area contributed by atoms with Crippen molar-refractivity contribution >= 4 is 17.9 Å². The van der Waals surface area contributed by atoms with Gasteiger partial charge >= 0.3 is 17.9 Å². The number of ether oxygens (including phenoxy) is 3. The molecule has 0 fully saturated rings. The van der Waals surface area contributed by atoms with Crippen LogP contribution in [0, 0.1) is 11.8 Å². The summed E-state index contributed by atoms with van der Waals surface area (Å²) in [6.07, 6.45) is 48.1. The topological polar surface area (TPSA) is 78.9 Å². The summed E-state index contributed by atoms with van der Waals surface area (Å²) in [4.78, 5) is 38.0. The maximum absolute atomic E-state index is 12.8. The molecule has 0 spiro atoms. The molecule has 0 unspecified atom stereocenters. The minimum Gasteiger partial charge on any atom is -0.462 e. The van der Waals surface area contributed by atoms with E-state index < -0.39 is 6.10 Å². The minimum absolute atomic E-state index is 0.0638. The van der Waals surface area contributed by atoms with E-state index in [1.54, 1.807) is 0 Å². The Labute approximate surface area is 374 Å². The highest BCUT2D eigenvalue weighted by molar-refractivity contribution is 5.71. The van der Waals surface area contributed by atoms with E-state index in [0.29, 0.717) is 19.3 Å². The van der Waals surface area contributed by atoms with E-state index in [0.717, 1.165) is 69.6 Å². The maximum atomic E-state index is 12.8. The molecular weight excluding hydrogens is 745 g/mol. The average Bonchev–Trinajstić information content (AvgIpc) is 3.22. The van der Waals surface area contributed by atoms with Gasteiger partial charge in [-0.15, -0.1) is 0 Å². The molecule has 0 amide bonds. The normalized spacial score (nSPS) is 12.1. The van der Waals surface area contributed by atoms with Crippen molar-refractivity contribution in [3.8, 4) is 0 Å². The number of esters is 3. The molecule has 0 aliphatic heterocycles. The van der Waals surface area contributed by atoms with E-state index in [1.165, 1.54) is 186 Å². The van der Waals surface area contributed by atoms with E-state index in [9.17, 15) is 14.4 Å². The molecule has 0 bridgehead atoms. The fourth-order valence-electron chi connectivity index (χ4n) is 8.17. The molecule has 0 aromatic heterocycles. The Hall–Kier alpha value is -1.59. The number of carbonyl (C=O) groups is 3. The van der Waals surface area contributed by atoms with Crippen molar-refractivity contribution in [2.75, 3.05) is 13.2 Å². The number of carbonyl (C=O) groups excluding carboxylic acids is 3. The van der Waals surface area contributed by atoms with Crippen LogP contribution in [0.5, 0.6) is 0 Å². The molecular formula is C54H104O6. The van der Waals surface area contributed by atoms with Gasteiger partial charge in [-0.3, -0.25) is 14.4 Å². The molecule has 0 rings (SSSR count). The van der Waals surface area contributed by atoms with Gasteiger partial charge in [0.05, 0.1) is 0 Å². The maximum Gasteiger partial charge on any atom is 0.306 e. The summed E-state index contributed by atoms with van der Waals surface area (Å²) in [6, 6.07) is 0. The Morgan fingerprint density at radius 1 is 0.317 bits per heavy atom. The molecule has 0 saturated carbocycles. The highest BCUT2D eigenvalue weighted by Crippen LogP contribution is 2.17. The summed E-state index contributed by atoms with van der Waals surface area (Å²) >= 11 is 0. The second-order valence-corrected chi connectivity index (χ2v) is 19.5. The van der Waals surface area contributed by atoms with Gasteiger partial charge in [-0.25, -0.2) is 0 Å². The molecule has 6 heteroatoms. The Morgan fingerprint density at radius 3 is 0.817 bits per heavy atom. The summed E-state index contributed by atoms with van der Waals surface area (Å²) in [5.41, 5.74) is 0. The van der Waals surface area contributed by atoms with Crippen LogP contribution in [-0.2, 0) is 28.6 Å². The summed E-state index contributed by atoms with van der Waals surface area (Å²) in [5.74, 6) is 0.779. The molecule has 0 aromatic rings. The van der Waals surface area contributed by atoms with E-state index in [-0.39, 0.29) is 31.1 Å². The molecule has 1 atom stereocenters. The van der Waals surface area contributed by atoms with Crippen LogP contribution < -0.4 is 0 Å². The zero-order valence-electron chi connectivity index (χ0n) is 41.1. The third-order valence-electron chi connectivity index (χ3n) is 12.2. The van der Waals surface area contributed by atoms with Crippen LogP contribution in [0.3, 0.4) is 0 Å². The number of rotatable bonds is 48. The molecule has 0 saturated heterocycles. The van der Waals surface area contributed by atoms with Gasteiger partial charge in [0, 0.05) is 19.3 Å². The standard InChI is InChI=1S/C54H104O6/c1-6-7-8-9-10-11-12-13-14-15-16-20-23-29-34-39-44-52(55)58-47-51(60-54(57)46-41-36-31-26-25-28-33-38-43-50(4)5)48-59-53(56)45-40-35-30-24-21-18-17-19-22-27-32-37-42-49(2)3/h49-51H,6-48H2,1-5H3/t51-/m0/s1. The Kier molecular flexibility index (Phi) is 45.7. The van der Waals surface area contributed by atoms with Gasteiger partial charge in [0.25, 0.3) is 0 Å². The molecule has 60 heavy (non-hydrogen) atoms. The lowest BCUT2D eigenvalue weighted by Gasteiger charge is -2.18. The third kappa shape index (κ3) is 47.5. The highest BCUT2D eigenvalue weighted by Gasteiger charge is 2.19. The first kappa shape index (κ1) is 58.4. The van der Waals surface area contributed by atoms with Gasteiger partial charge in [-0.1, -0.05) is 259 Å². The van der Waals surface area contributed by atoms with Gasteiger partial charge in [-0.2, -0.15) is 0 Å². The average molecular weight is 849 g/mol. The molecule has 0 radical (unpaired) electrons. The zero-order valence-corrected chi connectivity index (χ0v) is 41.1. The predicted octanol–water partition coefficient (Wildman–Crippen LogP) is 17.3. The van der Waals surface area contributed by atoms with Crippen molar-refractivity contribution in [3.63, 3.8) is 0 Å². The first-order chi connectivity index (χ1) is 29.2. The van der Waals surface area contributed by atoms with Crippen LogP contribution in [0.4, 0.5) is 0 Å². The first-order valence-electron chi connectivity index (χ1n) is 26.7. The number of unbranched alkanes of at least 4 members (excludes halogenated alkanes) is 33. The monoisotopic (exact) mass is 849 g/mol. The van der Waals surface area contributed by atoms with Crippen LogP contribution in [0.25, 0.3) is 0 Å². The van der Waals surface area contributed by atoms with Gasteiger partial charge in [0.2, 0.25) is 0 Å². The lowest BCUT2D eigenvalue weighted by Crippen LogP contribution is -2.30. The summed E-state index contributed by atoms with van der Waals surface area (Å²) in [6.45, 7) is 11.4. The Balaban J connectivity index is 4.28. The predicted molar refractivity (Wildman–Crippen MR) is 256 cm³/mol. The minimum atomic E-state index is -0.762. The molecule has 356 valence electrons. The lowest BCUT2D eigenvalue weighted by atomic mass is 10.0. The second kappa shape index (κ2) is 46.9. The van der Waals surface area contributed by atoms with Crippen LogP contribution in [0.1, 0.15) is 298 Å². The number of hydrogen-bond donors (Lipinski definition) is 0. The van der Waals surface area contributed by atoms with Crippen LogP contribution in [0.2, 0.25) is 0 Å². The van der Waals surface area contributed by atoms with Gasteiger partial charge in [-0.05, 0) is 31.1 Å². The highest BCUT2D eigenvalue weighted by atomic mass is 16.6. The largest absolute Gasteiger partial charge is 0.462 e. The number of hydrogen-bond acceptors (Lipinski definition) is 6. The first-order valence-corrected chi connectivity index (χ1v) is 26.7. The van der Waals surface area contributed by atoms with Crippen molar-refractivity contribution in [1.82, 2.24) is 0 Å². The van der Waals surface area contributed by atoms with Crippen molar-refractivity contribution in [1.29, 1.82) is 0 Å². The summed E-state index contributed by atoms with van der Waals surface area (Å²) in [7, 11) is 0. The van der Waals surface area contributed by atoms with Crippen LogP contribution >= 0.6 is 0 Å². The Bertz CT molecular complexity index is 916. The third-order valence-corrected chi connectivity index (χ3v) is 12.2. The van der Waals surface area contributed by atoms with E-state index in [4.69, 9.17) is 14.2 Å². The lowest BCUT2D eigenvalue weighted by molar-refractivity contribution is -0.167. The van der Waals surface area contributed by atoms with Crippen molar-refractivity contribution in [2.24, 2.45) is 11.8 Å².